The summed E-state index contributed by atoms with van der Waals surface area (Å²) in [7, 11) is 1.97. The summed E-state index contributed by atoms with van der Waals surface area (Å²) >= 11 is 1.70. The number of benzene rings is 2. The molecule has 4 heteroatoms. The smallest absolute Gasteiger partial charge is 0.148 e. The predicted octanol–water partition coefficient (Wildman–Crippen LogP) is 3.51. The first-order valence-electron chi connectivity index (χ1n) is 6.83. The van der Waals surface area contributed by atoms with Crippen molar-refractivity contribution in [3.63, 3.8) is 0 Å². The van der Waals surface area contributed by atoms with Crippen LogP contribution >= 0.6 is 11.3 Å². The normalized spacial score (nSPS) is 11.1. The van der Waals surface area contributed by atoms with E-state index in [0.29, 0.717) is 0 Å². The molecule has 0 fully saturated rings. The summed E-state index contributed by atoms with van der Waals surface area (Å²) < 4.78 is 0. The van der Waals surface area contributed by atoms with Gasteiger partial charge in [-0.15, -0.1) is 10.2 Å². The van der Waals surface area contributed by atoms with Crippen LogP contribution in [-0.4, -0.2) is 23.8 Å². The zero-order chi connectivity index (χ0) is 13.8. The summed E-state index contributed by atoms with van der Waals surface area (Å²) in [5.41, 5.74) is 1.18. The van der Waals surface area contributed by atoms with Gasteiger partial charge in [0.2, 0.25) is 0 Å². The van der Waals surface area contributed by atoms with Crippen LogP contribution in [0.25, 0.3) is 21.3 Å². The fourth-order valence-electron chi connectivity index (χ4n) is 2.29. The largest absolute Gasteiger partial charge is 0.320 e. The molecule has 0 unspecified atom stereocenters. The number of nitrogens with one attached hydrogen (secondary N) is 1. The van der Waals surface area contributed by atoms with E-state index < -0.39 is 0 Å². The first kappa shape index (κ1) is 13.2. The SMILES string of the molecule is CNCCCc1nnc(-c2cccc3ccccc23)s1. The van der Waals surface area contributed by atoms with Crippen LogP contribution < -0.4 is 5.32 Å². The molecule has 2 aromatic carbocycles. The zero-order valence-corrected chi connectivity index (χ0v) is 12.3. The maximum absolute atomic E-state index is 4.36. The van der Waals surface area contributed by atoms with Gasteiger partial charge in [-0.3, -0.25) is 0 Å². The second kappa shape index (κ2) is 6.11. The number of fused-ring (bicyclic) bond motifs is 1. The fraction of sp³-hybridized carbons (Fsp3) is 0.250. The van der Waals surface area contributed by atoms with E-state index in [0.717, 1.165) is 29.4 Å². The molecule has 20 heavy (non-hydrogen) atoms. The number of aromatic nitrogens is 2. The third-order valence-corrected chi connectivity index (χ3v) is 4.32. The van der Waals surface area contributed by atoms with Gasteiger partial charge in [-0.2, -0.15) is 0 Å². The summed E-state index contributed by atoms with van der Waals surface area (Å²) in [5, 5.41) is 16.5. The summed E-state index contributed by atoms with van der Waals surface area (Å²) in [6.07, 6.45) is 2.09. The first-order chi connectivity index (χ1) is 9.88. The summed E-state index contributed by atoms with van der Waals surface area (Å²) in [4.78, 5) is 0. The molecule has 3 rings (SSSR count). The van der Waals surface area contributed by atoms with Gasteiger partial charge in [0.05, 0.1) is 0 Å². The van der Waals surface area contributed by atoms with Gasteiger partial charge in [-0.05, 0) is 30.8 Å². The quantitative estimate of drug-likeness (QED) is 0.728. The minimum Gasteiger partial charge on any atom is -0.320 e. The van der Waals surface area contributed by atoms with Crippen molar-refractivity contribution < 1.29 is 0 Å². The van der Waals surface area contributed by atoms with Crippen molar-refractivity contribution in [1.29, 1.82) is 0 Å². The van der Waals surface area contributed by atoms with Crippen LogP contribution in [0, 0.1) is 0 Å². The third-order valence-electron chi connectivity index (χ3n) is 3.30. The van der Waals surface area contributed by atoms with Gasteiger partial charge in [-0.1, -0.05) is 53.8 Å². The van der Waals surface area contributed by atoms with Crippen LogP contribution in [0.4, 0.5) is 0 Å². The molecule has 0 radical (unpaired) electrons. The highest BCUT2D eigenvalue weighted by molar-refractivity contribution is 7.14. The van der Waals surface area contributed by atoms with Crippen molar-refractivity contribution in [2.45, 2.75) is 12.8 Å². The molecule has 0 bridgehead atoms. The molecule has 0 amide bonds. The average Bonchev–Trinajstić information content (AvgIpc) is 2.96. The van der Waals surface area contributed by atoms with E-state index in [1.165, 1.54) is 16.3 Å². The van der Waals surface area contributed by atoms with Crippen LogP contribution in [0.3, 0.4) is 0 Å². The van der Waals surface area contributed by atoms with E-state index in [4.69, 9.17) is 0 Å². The predicted molar refractivity (Wildman–Crippen MR) is 85.1 cm³/mol. The Hall–Kier alpha value is -1.78. The van der Waals surface area contributed by atoms with Crippen molar-refractivity contribution in [1.82, 2.24) is 15.5 Å². The number of hydrogen-bond donors (Lipinski definition) is 1. The minimum absolute atomic E-state index is 0.989. The molecule has 1 N–H and O–H groups in total. The Kier molecular flexibility index (Phi) is 4.04. The van der Waals surface area contributed by atoms with Gasteiger partial charge in [0, 0.05) is 12.0 Å². The van der Waals surface area contributed by atoms with Gasteiger partial charge in [0.1, 0.15) is 10.0 Å². The Morgan fingerprint density at radius 1 is 1.05 bits per heavy atom. The van der Waals surface area contributed by atoms with Gasteiger partial charge in [-0.25, -0.2) is 0 Å². The highest BCUT2D eigenvalue weighted by Gasteiger charge is 2.09. The molecule has 0 aliphatic rings. The molecule has 0 saturated heterocycles. The van der Waals surface area contributed by atoms with Crippen LogP contribution in [0.15, 0.2) is 42.5 Å². The van der Waals surface area contributed by atoms with Crippen LogP contribution in [0.2, 0.25) is 0 Å². The maximum Gasteiger partial charge on any atom is 0.148 e. The van der Waals surface area contributed by atoms with E-state index in [1.54, 1.807) is 11.3 Å². The van der Waals surface area contributed by atoms with Crippen molar-refractivity contribution in [3.8, 4) is 10.6 Å². The van der Waals surface area contributed by atoms with Crippen molar-refractivity contribution in [3.05, 3.63) is 47.5 Å². The molecule has 0 aliphatic heterocycles. The lowest BCUT2D eigenvalue weighted by Crippen LogP contribution is -2.08. The lowest BCUT2D eigenvalue weighted by molar-refractivity contribution is 0.718. The number of hydrogen-bond acceptors (Lipinski definition) is 4. The van der Waals surface area contributed by atoms with Gasteiger partial charge < -0.3 is 5.32 Å². The number of nitrogens with zero attached hydrogens (tertiary/aromatic N) is 2. The third kappa shape index (κ3) is 2.71. The van der Waals surface area contributed by atoms with E-state index in [-0.39, 0.29) is 0 Å². The molecule has 1 heterocycles. The molecule has 3 aromatic rings. The molecule has 1 aromatic heterocycles. The van der Waals surface area contributed by atoms with Gasteiger partial charge >= 0.3 is 0 Å². The minimum atomic E-state index is 0.989. The number of aryl methyl sites for hydroxylation is 1. The summed E-state index contributed by atoms with van der Waals surface area (Å²) in [5.74, 6) is 0. The zero-order valence-electron chi connectivity index (χ0n) is 11.5. The highest BCUT2D eigenvalue weighted by atomic mass is 32.1. The standard InChI is InChI=1S/C16H17N3S/c1-17-11-5-10-15-18-19-16(20-15)14-9-4-7-12-6-2-3-8-13(12)14/h2-4,6-9,17H,5,10-11H2,1H3. The van der Waals surface area contributed by atoms with Gasteiger partial charge in [0.15, 0.2) is 0 Å². The highest BCUT2D eigenvalue weighted by Crippen LogP contribution is 2.30. The molecular weight excluding hydrogens is 266 g/mol. The number of rotatable bonds is 5. The van der Waals surface area contributed by atoms with Crippen LogP contribution in [0.1, 0.15) is 11.4 Å². The Balaban J connectivity index is 1.91. The Labute approximate surface area is 122 Å². The molecule has 3 nitrogen and oxygen atoms in total. The van der Waals surface area contributed by atoms with E-state index in [1.807, 2.05) is 7.05 Å². The first-order valence-corrected chi connectivity index (χ1v) is 7.65. The lowest BCUT2D eigenvalue weighted by Gasteiger charge is -2.02. The van der Waals surface area contributed by atoms with E-state index in [9.17, 15) is 0 Å². The molecule has 0 spiro atoms. The lowest BCUT2D eigenvalue weighted by atomic mass is 10.1. The second-order valence-corrected chi connectivity index (χ2v) is 5.80. The molecule has 102 valence electrons. The topological polar surface area (TPSA) is 37.8 Å². The Morgan fingerprint density at radius 3 is 2.80 bits per heavy atom. The van der Waals surface area contributed by atoms with Gasteiger partial charge in [0.25, 0.3) is 0 Å². The molecule has 0 saturated carbocycles. The van der Waals surface area contributed by atoms with E-state index >= 15 is 0 Å². The monoisotopic (exact) mass is 283 g/mol. The molecule has 0 atom stereocenters. The van der Waals surface area contributed by atoms with Crippen molar-refractivity contribution >= 4 is 22.1 Å². The summed E-state index contributed by atoms with van der Waals surface area (Å²) in [6, 6.07) is 14.8. The van der Waals surface area contributed by atoms with Crippen molar-refractivity contribution in [2.24, 2.45) is 0 Å². The maximum atomic E-state index is 4.36. The average molecular weight is 283 g/mol. The van der Waals surface area contributed by atoms with Crippen molar-refractivity contribution in [2.75, 3.05) is 13.6 Å². The fourth-order valence-corrected chi connectivity index (χ4v) is 3.21. The Morgan fingerprint density at radius 2 is 1.90 bits per heavy atom. The summed E-state index contributed by atoms with van der Waals surface area (Å²) in [6.45, 7) is 1.02. The molecular formula is C16H17N3S. The van der Waals surface area contributed by atoms with E-state index in [2.05, 4.69) is 58.0 Å². The van der Waals surface area contributed by atoms with Crippen LogP contribution in [0.5, 0.6) is 0 Å². The second-order valence-electron chi connectivity index (χ2n) is 4.73. The molecule has 0 aliphatic carbocycles. The Bertz CT molecular complexity index is 700. The van der Waals surface area contributed by atoms with Crippen LogP contribution in [-0.2, 0) is 6.42 Å².